The first-order valence-corrected chi connectivity index (χ1v) is 5.06. The predicted octanol–water partition coefficient (Wildman–Crippen LogP) is 0.127. The average Bonchev–Trinajstić information content (AvgIpc) is 2.51. The van der Waals surface area contributed by atoms with Crippen LogP contribution in [0, 0.1) is 0 Å². The van der Waals surface area contributed by atoms with Gasteiger partial charge in [0.2, 0.25) is 5.91 Å². The van der Waals surface area contributed by atoms with Crippen LogP contribution in [0.3, 0.4) is 0 Å². The molecule has 0 saturated heterocycles. The van der Waals surface area contributed by atoms with Gasteiger partial charge in [0.1, 0.15) is 6.54 Å². The van der Waals surface area contributed by atoms with Crippen LogP contribution < -0.4 is 10.6 Å². The number of hydrogen-bond acceptors (Lipinski definition) is 3. The quantitative estimate of drug-likeness (QED) is 0.726. The highest BCUT2D eigenvalue weighted by Gasteiger charge is 2.04. The van der Waals surface area contributed by atoms with Crippen LogP contribution in [-0.4, -0.2) is 28.5 Å². The summed E-state index contributed by atoms with van der Waals surface area (Å²) in [6.07, 6.45) is 3.54. The minimum atomic E-state index is 0.0124. The van der Waals surface area contributed by atoms with Gasteiger partial charge < -0.3 is 15.2 Å². The van der Waals surface area contributed by atoms with Gasteiger partial charge in [-0.25, -0.2) is 4.98 Å². The molecule has 1 aromatic heterocycles. The van der Waals surface area contributed by atoms with Crippen LogP contribution in [0.5, 0.6) is 0 Å². The van der Waals surface area contributed by atoms with Crippen LogP contribution >= 0.6 is 0 Å². The Morgan fingerprint density at radius 2 is 2.33 bits per heavy atom. The van der Waals surface area contributed by atoms with Crippen molar-refractivity contribution in [3.63, 3.8) is 0 Å². The largest absolute Gasteiger partial charge is 0.352 e. The minimum absolute atomic E-state index is 0.0124. The lowest BCUT2D eigenvalue weighted by atomic mass is 10.4. The normalized spacial score (nSPS) is 10.7. The van der Waals surface area contributed by atoms with Crippen molar-refractivity contribution in [1.82, 2.24) is 20.2 Å². The molecule has 5 nitrogen and oxygen atoms in total. The van der Waals surface area contributed by atoms with Gasteiger partial charge in [0.05, 0.1) is 12.0 Å². The zero-order valence-corrected chi connectivity index (χ0v) is 9.45. The van der Waals surface area contributed by atoms with Crippen molar-refractivity contribution >= 4 is 5.91 Å². The van der Waals surface area contributed by atoms with Crippen molar-refractivity contribution < 1.29 is 4.79 Å². The maximum absolute atomic E-state index is 11.4. The summed E-state index contributed by atoms with van der Waals surface area (Å²) in [5, 5.41) is 5.84. The van der Waals surface area contributed by atoms with Crippen molar-refractivity contribution in [3.05, 3.63) is 18.2 Å². The summed E-state index contributed by atoms with van der Waals surface area (Å²) in [5.41, 5.74) is 0.940. The molecule has 2 N–H and O–H groups in total. The zero-order chi connectivity index (χ0) is 11.3. The van der Waals surface area contributed by atoms with Crippen molar-refractivity contribution in [2.24, 2.45) is 0 Å². The summed E-state index contributed by atoms with van der Waals surface area (Å²) in [6.45, 7) is 4.93. The number of aromatic nitrogens is 2. The molecule has 0 bridgehead atoms. The van der Waals surface area contributed by atoms with Crippen LogP contribution in [0.2, 0.25) is 0 Å². The maximum atomic E-state index is 11.4. The molecule has 0 unspecified atom stereocenters. The summed E-state index contributed by atoms with van der Waals surface area (Å²) in [4.78, 5) is 15.6. The minimum Gasteiger partial charge on any atom is -0.352 e. The second-order valence-electron chi connectivity index (χ2n) is 3.79. The number of carbonyl (C=O) groups is 1. The van der Waals surface area contributed by atoms with E-state index in [0.717, 1.165) is 12.2 Å². The van der Waals surface area contributed by atoms with Gasteiger partial charge in [-0.3, -0.25) is 4.79 Å². The van der Waals surface area contributed by atoms with E-state index >= 15 is 0 Å². The Kier molecular flexibility index (Phi) is 4.30. The van der Waals surface area contributed by atoms with Gasteiger partial charge in [0.15, 0.2) is 0 Å². The Bertz CT molecular complexity index is 319. The molecule has 0 saturated carbocycles. The van der Waals surface area contributed by atoms with Gasteiger partial charge in [0, 0.05) is 18.8 Å². The smallest absolute Gasteiger partial charge is 0.240 e. The van der Waals surface area contributed by atoms with E-state index in [4.69, 9.17) is 0 Å². The fourth-order valence-electron chi connectivity index (χ4n) is 1.30. The molecule has 0 atom stereocenters. The van der Waals surface area contributed by atoms with Crippen molar-refractivity contribution in [3.8, 4) is 0 Å². The Labute approximate surface area is 89.9 Å². The molecule has 0 fully saturated rings. The molecule has 0 spiro atoms. The SMILES string of the molecule is CNCc1cn(CC(=O)NC(C)C)cn1. The molecule has 0 aromatic carbocycles. The van der Waals surface area contributed by atoms with Gasteiger partial charge >= 0.3 is 0 Å². The van der Waals surface area contributed by atoms with Crippen LogP contribution in [-0.2, 0) is 17.9 Å². The van der Waals surface area contributed by atoms with Crippen LogP contribution in [0.4, 0.5) is 0 Å². The average molecular weight is 210 g/mol. The molecule has 1 rings (SSSR count). The van der Waals surface area contributed by atoms with Crippen LogP contribution in [0.1, 0.15) is 19.5 Å². The molecule has 0 aliphatic carbocycles. The first-order chi connectivity index (χ1) is 7.11. The molecule has 5 heteroatoms. The third kappa shape index (κ3) is 4.12. The third-order valence-electron chi connectivity index (χ3n) is 1.82. The number of nitrogens with zero attached hydrogens (tertiary/aromatic N) is 2. The fraction of sp³-hybridized carbons (Fsp3) is 0.600. The first kappa shape index (κ1) is 11.7. The van der Waals surface area contributed by atoms with E-state index in [0.29, 0.717) is 6.54 Å². The van der Waals surface area contributed by atoms with Crippen molar-refractivity contribution in [1.29, 1.82) is 0 Å². The fourth-order valence-corrected chi connectivity index (χ4v) is 1.30. The first-order valence-electron chi connectivity index (χ1n) is 5.06. The number of nitrogens with one attached hydrogen (secondary N) is 2. The Balaban J connectivity index is 2.46. The van der Waals surface area contributed by atoms with Crippen molar-refractivity contribution in [2.45, 2.75) is 33.0 Å². The highest BCUT2D eigenvalue weighted by Crippen LogP contribution is 1.95. The van der Waals surface area contributed by atoms with E-state index in [2.05, 4.69) is 15.6 Å². The Hall–Kier alpha value is -1.36. The summed E-state index contributed by atoms with van der Waals surface area (Å²) >= 11 is 0. The number of amides is 1. The summed E-state index contributed by atoms with van der Waals surface area (Å²) in [5.74, 6) is 0.0124. The molecule has 1 amide bonds. The van der Waals surface area contributed by atoms with Gasteiger partial charge in [-0.2, -0.15) is 0 Å². The van der Waals surface area contributed by atoms with E-state index in [1.54, 1.807) is 10.9 Å². The van der Waals surface area contributed by atoms with E-state index in [9.17, 15) is 4.79 Å². The monoisotopic (exact) mass is 210 g/mol. The lowest BCUT2D eigenvalue weighted by Crippen LogP contribution is -2.32. The second-order valence-corrected chi connectivity index (χ2v) is 3.79. The van der Waals surface area contributed by atoms with E-state index < -0.39 is 0 Å². The maximum Gasteiger partial charge on any atom is 0.240 e. The van der Waals surface area contributed by atoms with Crippen LogP contribution in [0.15, 0.2) is 12.5 Å². The molecule has 1 heterocycles. The molecule has 1 aromatic rings. The topological polar surface area (TPSA) is 59.0 Å². The predicted molar refractivity (Wildman–Crippen MR) is 58.3 cm³/mol. The summed E-state index contributed by atoms with van der Waals surface area (Å²) in [6, 6.07) is 0.179. The Morgan fingerprint density at radius 3 is 2.93 bits per heavy atom. The number of hydrogen-bond donors (Lipinski definition) is 2. The highest BCUT2D eigenvalue weighted by atomic mass is 16.2. The molecular formula is C10H18N4O. The molecule has 0 radical (unpaired) electrons. The van der Waals surface area contributed by atoms with Gasteiger partial charge in [0.25, 0.3) is 0 Å². The number of rotatable bonds is 5. The van der Waals surface area contributed by atoms with E-state index in [1.165, 1.54) is 0 Å². The zero-order valence-electron chi connectivity index (χ0n) is 9.45. The molecule has 15 heavy (non-hydrogen) atoms. The van der Waals surface area contributed by atoms with Gasteiger partial charge in [-0.15, -0.1) is 0 Å². The summed E-state index contributed by atoms with van der Waals surface area (Å²) in [7, 11) is 1.87. The lowest BCUT2D eigenvalue weighted by Gasteiger charge is -2.08. The molecule has 0 aliphatic rings. The number of carbonyl (C=O) groups excluding carboxylic acids is 1. The molecular weight excluding hydrogens is 192 g/mol. The molecule has 84 valence electrons. The van der Waals surface area contributed by atoms with Crippen molar-refractivity contribution in [2.75, 3.05) is 7.05 Å². The second kappa shape index (κ2) is 5.50. The Morgan fingerprint density at radius 1 is 1.60 bits per heavy atom. The van der Waals surface area contributed by atoms with E-state index in [-0.39, 0.29) is 11.9 Å². The standard InChI is InChI=1S/C10H18N4O/c1-8(2)13-10(15)6-14-5-9(4-11-3)12-7-14/h5,7-8,11H,4,6H2,1-3H3,(H,13,15). The highest BCUT2D eigenvalue weighted by molar-refractivity contribution is 5.75. The third-order valence-corrected chi connectivity index (χ3v) is 1.82. The summed E-state index contributed by atoms with van der Waals surface area (Å²) < 4.78 is 1.78. The number of imidazole rings is 1. The van der Waals surface area contributed by atoms with Gasteiger partial charge in [-0.1, -0.05) is 0 Å². The van der Waals surface area contributed by atoms with Gasteiger partial charge in [-0.05, 0) is 20.9 Å². The lowest BCUT2D eigenvalue weighted by molar-refractivity contribution is -0.122. The van der Waals surface area contributed by atoms with Crippen LogP contribution in [0.25, 0.3) is 0 Å². The molecule has 0 aliphatic heterocycles. The van der Waals surface area contributed by atoms with E-state index in [1.807, 2.05) is 27.1 Å².